The van der Waals surface area contributed by atoms with Gasteiger partial charge in [0.1, 0.15) is 22.5 Å². The second-order valence-corrected chi connectivity index (χ2v) is 13.9. The molecule has 0 unspecified atom stereocenters. The zero-order valence-corrected chi connectivity index (χ0v) is 23.8. The summed E-state index contributed by atoms with van der Waals surface area (Å²) in [6.07, 6.45) is 4.41. The Bertz CT molecular complexity index is 1410. The Morgan fingerprint density at radius 2 is 2.00 bits per heavy atom. The number of benzene rings is 2. The molecule has 1 aliphatic heterocycles. The summed E-state index contributed by atoms with van der Waals surface area (Å²) in [4.78, 5) is 0.0992. The number of nitrogens with zero attached hydrogens (tertiary/aromatic N) is 2. The van der Waals surface area contributed by atoms with Gasteiger partial charge in [-0.05, 0) is 61.6 Å². The van der Waals surface area contributed by atoms with Crippen molar-refractivity contribution in [1.82, 2.24) is 8.61 Å². The number of sulfonamides is 2. The lowest BCUT2D eigenvalue weighted by Crippen LogP contribution is -2.50. The number of hydrogen-bond donors (Lipinski definition) is 1. The van der Waals surface area contributed by atoms with Crippen molar-refractivity contribution in [2.75, 3.05) is 33.9 Å². The average Bonchev–Trinajstić information content (AvgIpc) is 3.45. The maximum absolute atomic E-state index is 13.7. The second kappa shape index (κ2) is 11.4. The molecule has 38 heavy (non-hydrogen) atoms. The third-order valence-electron chi connectivity index (χ3n) is 7.27. The van der Waals surface area contributed by atoms with Crippen LogP contribution in [-0.2, 0) is 20.0 Å². The van der Waals surface area contributed by atoms with E-state index in [1.54, 1.807) is 37.3 Å². The molecule has 0 bridgehead atoms. The van der Waals surface area contributed by atoms with Crippen molar-refractivity contribution in [2.24, 2.45) is 5.92 Å². The second-order valence-electron chi connectivity index (χ2n) is 9.99. The molecule has 9 nitrogen and oxygen atoms in total. The number of ether oxygens (including phenoxy) is 2. The molecule has 0 aromatic heterocycles. The molecule has 208 valence electrons. The van der Waals surface area contributed by atoms with Gasteiger partial charge in [-0.3, -0.25) is 0 Å². The van der Waals surface area contributed by atoms with Gasteiger partial charge in [0.05, 0.1) is 25.2 Å². The van der Waals surface area contributed by atoms with Gasteiger partial charge >= 0.3 is 0 Å². The number of aliphatic hydroxyl groups excluding tert-OH is 1. The van der Waals surface area contributed by atoms with Crippen LogP contribution in [0.4, 0.5) is 0 Å². The minimum atomic E-state index is -3.98. The van der Waals surface area contributed by atoms with E-state index in [-0.39, 0.29) is 41.2 Å². The Hall–Kier alpha value is -2.44. The van der Waals surface area contributed by atoms with Crippen LogP contribution in [0.25, 0.3) is 5.57 Å². The van der Waals surface area contributed by atoms with Gasteiger partial charge in [-0.15, -0.1) is 0 Å². The Labute approximate surface area is 225 Å². The zero-order valence-electron chi connectivity index (χ0n) is 22.2. The van der Waals surface area contributed by atoms with E-state index in [1.807, 2.05) is 6.92 Å². The van der Waals surface area contributed by atoms with Gasteiger partial charge in [-0.2, -0.15) is 8.61 Å². The highest BCUT2D eigenvalue weighted by Gasteiger charge is 2.39. The van der Waals surface area contributed by atoms with Gasteiger partial charge in [-0.25, -0.2) is 16.8 Å². The smallest absolute Gasteiger partial charge is 0.247 e. The Morgan fingerprint density at radius 3 is 2.66 bits per heavy atom. The molecule has 0 radical (unpaired) electrons. The summed E-state index contributed by atoms with van der Waals surface area (Å²) in [6, 6.07) is 10.7. The number of likely N-dealkylation sites (N-methyl/N-ethyl adjacent to an activating group) is 1. The van der Waals surface area contributed by atoms with E-state index in [9.17, 15) is 21.9 Å². The van der Waals surface area contributed by atoms with Crippen LogP contribution in [-0.4, -0.2) is 76.6 Å². The van der Waals surface area contributed by atoms with Crippen LogP contribution in [0, 0.1) is 5.92 Å². The monoisotopic (exact) mass is 564 g/mol. The Kier molecular flexibility index (Phi) is 8.53. The van der Waals surface area contributed by atoms with Crippen molar-refractivity contribution >= 4 is 25.6 Å². The predicted molar refractivity (Wildman–Crippen MR) is 145 cm³/mol. The van der Waals surface area contributed by atoms with Crippen molar-refractivity contribution < 1.29 is 31.4 Å². The first kappa shape index (κ1) is 28.6. The molecule has 11 heteroatoms. The van der Waals surface area contributed by atoms with Crippen molar-refractivity contribution in [3.63, 3.8) is 0 Å². The summed E-state index contributed by atoms with van der Waals surface area (Å²) in [5, 5.41) is 9.85. The maximum Gasteiger partial charge on any atom is 0.247 e. The van der Waals surface area contributed by atoms with E-state index in [4.69, 9.17) is 9.47 Å². The summed E-state index contributed by atoms with van der Waals surface area (Å²) >= 11 is 0. The first-order valence-electron chi connectivity index (χ1n) is 12.7. The summed E-state index contributed by atoms with van der Waals surface area (Å²) in [6.45, 7) is 3.20. The lowest BCUT2D eigenvalue weighted by atomic mass is 10.0. The highest BCUT2D eigenvalue weighted by Crippen LogP contribution is 2.37. The van der Waals surface area contributed by atoms with Crippen LogP contribution in [0.5, 0.6) is 11.5 Å². The number of rotatable bonds is 8. The van der Waals surface area contributed by atoms with Gasteiger partial charge in [0, 0.05) is 31.6 Å². The van der Waals surface area contributed by atoms with Gasteiger partial charge in [-0.1, -0.05) is 25.1 Å². The molecule has 4 rings (SSSR count). The van der Waals surface area contributed by atoms with Crippen LogP contribution in [0.15, 0.2) is 58.3 Å². The fourth-order valence-electron chi connectivity index (χ4n) is 4.87. The molecule has 0 saturated heterocycles. The molecule has 0 saturated carbocycles. The highest BCUT2D eigenvalue weighted by atomic mass is 32.2. The van der Waals surface area contributed by atoms with Crippen molar-refractivity contribution in [3.8, 4) is 11.5 Å². The molecule has 1 N–H and O–H groups in total. The predicted octanol–water partition coefficient (Wildman–Crippen LogP) is 3.35. The lowest BCUT2D eigenvalue weighted by Gasteiger charge is -2.37. The third kappa shape index (κ3) is 5.62. The standard InChI is InChI=1S/C27H36N2O7S2/c1-19-16-29(20(2)18-30)38(33,34)27-13-12-22(21-8-5-6-9-21)14-25(27)36-26(19)17-28(3)37(31,32)24-11-7-10-23(15-24)35-4/h7-8,10-15,19-20,26,30H,5-6,9,16-18H2,1-4H3/t19-,20-,26-/m0/s1. The van der Waals surface area contributed by atoms with E-state index in [0.29, 0.717) is 5.75 Å². The summed E-state index contributed by atoms with van der Waals surface area (Å²) in [7, 11) is -4.90. The van der Waals surface area contributed by atoms with E-state index in [0.717, 1.165) is 30.4 Å². The number of hydrogen-bond acceptors (Lipinski definition) is 7. The van der Waals surface area contributed by atoms with Crippen LogP contribution < -0.4 is 9.47 Å². The first-order chi connectivity index (χ1) is 18.0. The van der Waals surface area contributed by atoms with Crippen molar-refractivity contribution in [1.29, 1.82) is 0 Å². The molecular formula is C27H36N2O7S2. The maximum atomic E-state index is 13.7. The summed E-state index contributed by atoms with van der Waals surface area (Å²) in [5.74, 6) is 0.231. The van der Waals surface area contributed by atoms with E-state index in [2.05, 4.69) is 6.08 Å². The van der Waals surface area contributed by atoms with Crippen LogP contribution in [0.2, 0.25) is 0 Å². The van der Waals surface area contributed by atoms with Gasteiger partial charge in [0.2, 0.25) is 20.0 Å². The van der Waals surface area contributed by atoms with Crippen molar-refractivity contribution in [3.05, 3.63) is 54.1 Å². The molecule has 0 amide bonds. The Morgan fingerprint density at radius 1 is 1.24 bits per heavy atom. The number of aliphatic hydroxyl groups is 1. The quantitative estimate of drug-likeness (QED) is 0.523. The molecule has 0 spiro atoms. The lowest BCUT2D eigenvalue weighted by molar-refractivity contribution is 0.0904. The minimum Gasteiger partial charge on any atom is -0.497 e. The summed E-state index contributed by atoms with van der Waals surface area (Å²) < 4.78 is 68.2. The van der Waals surface area contributed by atoms with Gasteiger partial charge in [0.25, 0.3) is 0 Å². The molecule has 1 aliphatic carbocycles. The SMILES string of the molecule is COc1cccc(S(=O)(=O)N(C)C[C@@H]2Oc3cc(C4=CCCC4)ccc3S(=O)(=O)N([C@@H](C)CO)C[C@@H]2C)c1. The van der Waals surface area contributed by atoms with E-state index >= 15 is 0 Å². The molecular weight excluding hydrogens is 528 g/mol. The highest BCUT2D eigenvalue weighted by molar-refractivity contribution is 7.89. The van der Waals surface area contributed by atoms with Crippen LogP contribution in [0.1, 0.15) is 38.7 Å². The number of allylic oxidation sites excluding steroid dienone is 2. The minimum absolute atomic E-state index is 0.00549. The third-order valence-corrected chi connectivity index (χ3v) is 11.1. The molecule has 1 heterocycles. The average molecular weight is 565 g/mol. The zero-order chi connectivity index (χ0) is 27.7. The Balaban J connectivity index is 1.73. The summed E-state index contributed by atoms with van der Waals surface area (Å²) in [5.41, 5.74) is 2.03. The van der Waals surface area contributed by atoms with Crippen LogP contribution in [0.3, 0.4) is 0 Å². The van der Waals surface area contributed by atoms with Gasteiger partial charge < -0.3 is 14.6 Å². The van der Waals surface area contributed by atoms with Crippen molar-refractivity contribution in [2.45, 2.75) is 55.0 Å². The topological polar surface area (TPSA) is 113 Å². The number of fused-ring (bicyclic) bond motifs is 1. The molecule has 2 aliphatic rings. The van der Waals surface area contributed by atoms with Crippen LogP contribution >= 0.6 is 0 Å². The molecule has 3 atom stereocenters. The first-order valence-corrected chi connectivity index (χ1v) is 15.6. The number of methoxy groups -OCH3 is 1. The molecule has 0 fully saturated rings. The molecule has 2 aromatic carbocycles. The fourth-order valence-corrected chi connectivity index (χ4v) is 7.91. The van der Waals surface area contributed by atoms with E-state index < -0.39 is 32.2 Å². The normalized spacial score (nSPS) is 22.6. The van der Waals surface area contributed by atoms with E-state index in [1.165, 1.54) is 34.9 Å². The molecule has 2 aromatic rings. The fraction of sp³-hybridized carbons (Fsp3) is 0.481. The van der Waals surface area contributed by atoms with Gasteiger partial charge in [0.15, 0.2) is 0 Å². The largest absolute Gasteiger partial charge is 0.497 e.